The summed E-state index contributed by atoms with van der Waals surface area (Å²) in [5, 5.41) is 14.8. The minimum atomic E-state index is -0.810. The Labute approximate surface area is 222 Å². The van der Waals surface area contributed by atoms with E-state index >= 15 is 0 Å². The second kappa shape index (κ2) is 11.5. The first kappa shape index (κ1) is 26.2. The number of nitrogens with one attached hydrogen (secondary N) is 2. The van der Waals surface area contributed by atoms with E-state index in [1.165, 1.54) is 29.2 Å². The number of nitrogens with zero attached hydrogens (tertiary/aromatic N) is 1. The molecule has 2 heterocycles. The number of hydrogen-bond acceptors (Lipinski definition) is 3. The van der Waals surface area contributed by atoms with Crippen LogP contribution in [0.4, 0.5) is 4.39 Å². The third-order valence-corrected chi connectivity index (χ3v) is 8.28. The zero-order valence-corrected chi connectivity index (χ0v) is 21.8. The van der Waals surface area contributed by atoms with Crippen molar-refractivity contribution in [1.82, 2.24) is 15.2 Å². The van der Waals surface area contributed by atoms with Crippen molar-refractivity contribution in [2.45, 2.75) is 63.5 Å². The van der Waals surface area contributed by atoms with E-state index in [9.17, 15) is 19.1 Å². The van der Waals surface area contributed by atoms with Crippen molar-refractivity contribution < 1.29 is 19.1 Å². The van der Waals surface area contributed by atoms with Crippen molar-refractivity contribution in [1.29, 1.82) is 0 Å². The van der Waals surface area contributed by atoms with E-state index < -0.39 is 12.0 Å². The Morgan fingerprint density at radius 2 is 1.82 bits per heavy atom. The highest BCUT2D eigenvalue weighted by molar-refractivity contribution is 5.92. The molecule has 7 heteroatoms. The Kier molecular flexibility index (Phi) is 7.93. The Balaban J connectivity index is 1.12. The molecule has 2 aromatic carbocycles. The van der Waals surface area contributed by atoms with Gasteiger partial charge in [0, 0.05) is 42.3 Å². The minimum Gasteiger partial charge on any atom is -0.480 e. The number of carbonyl (C=O) groups is 2. The maximum absolute atomic E-state index is 13.6. The van der Waals surface area contributed by atoms with E-state index in [1.54, 1.807) is 11.0 Å². The van der Waals surface area contributed by atoms with Crippen LogP contribution in [-0.4, -0.2) is 52.0 Å². The van der Waals surface area contributed by atoms with Gasteiger partial charge in [-0.25, -0.2) is 4.39 Å². The van der Waals surface area contributed by atoms with Gasteiger partial charge in [0.1, 0.15) is 11.9 Å². The van der Waals surface area contributed by atoms with E-state index in [1.807, 2.05) is 19.1 Å². The number of hydrogen-bond donors (Lipinski definition) is 3. The number of rotatable bonds is 7. The van der Waals surface area contributed by atoms with Crippen molar-refractivity contribution in [2.75, 3.05) is 13.1 Å². The van der Waals surface area contributed by atoms with Crippen LogP contribution >= 0.6 is 0 Å². The summed E-state index contributed by atoms with van der Waals surface area (Å²) in [4.78, 5) is 30.0. The fraction of sp³-hybridized carbons (Fsp3) is 0.419. The fourth-order valence-corrected chi connectivity index (χ4v) is 6.25. The third kappa shape index (κ3) is 5.99. The number of aryl methyl sites for hydroxylation is 1. The van der Waals surface area contributed by atoms with Gasteiger partial charge in [-0.3, -0.25) is 9.59 Å². The fourth-order valence-electron chi connectivity index (χ4n) is 6.25. The highest BCUT2D eigenvalue weighted by Crippen LogP contribution is 2.37. The maximum atomic E-state index is 13.6. The van der Waals surface area contributed by atoms with Crippen LogP contribution in [-0.2, 0) is 9.59 Å². The number of aliphatic carboxylic acids is 1. The molecule has 3 N–H and O–H groups in total. The van der Waals surface area contributed by atoms with Gasteiger partial charge in [-0.1, -0.05) is 24.3 Å². The molecule has 2 aliphatic rings. The van der Waals surface area contributed by atoms with Crippen LogP contribution in [0, 0.1) is 18.7 Å². The molecule has 0 spiro atoms. The molecule has 38 heavy (non-hydrogen) atoms. The monoisotopic (exact) mass is 517 g/mol. The van der Waals surface area contributed by atoms with Gasteiger partial charge >= 0.3 is 5.97 Å². The first-order valence-electron chi connectivity index (χ1n) is 13.7. The quantitative estimate of drug-likeness (QED) is 0.354. The van der Waals surface area contributed by atoms with E-state index in [0.29, 0.717) is 37.4 Å². The number of fused-ring (bicyclic) bond motifs is 1. The molecule has 1 saturated heterocycles. The van der Waals surface area contributed by atoms with Crippen LogP contribution in [0.5, 0.6) is 0 Å². The molecular formula is C31H36FN3O3. The average Bonchev–Trinajstić information content (AvgIpc) is 3.34. The number of carboxylic acids is 1. The van der Waals surface area contributed by atoms with Gasteiger partial charge in [0.25, 0.3) is 0 Å². The lowest BCUT2D eigenvalue weighted by atomic mass is 9.80. The molecule has 1 saturated carbocycles. The lowest BCUT2D eigenvalue weighted by Crippen LogP contribution is -2.52. The zero-order chi connectivity index (χ0) is 26.6. The van der Waals surface area contributed by atoms with Crippen LogP contribution in [0.25, 0.3) is 17.0 Å². The molecule has 1 unspecified atom stereocenters. The van der Waals surface area contributed by atoms with Crippen molar-refractivity contribution in [2.24, 2.45) is 5.92 Å². The van der Waals surface area contributed by atoms with Crippen LogP contribution in [0.2, 0.25) is 0 Å². The predicted octanol–water partition coefficient (Wildman–Crippen LogP) is 5.64. The summed E-state index contributed by atoms with van der Waals surface area (Å²) >= 11 is 0. The summed E-state index contributed by atoms with van der Waals surface area (Å²) in [6.45, 7) is 2.86. The first-order chi connectivity index (χ1) is 18.4. The number of piperidine rings is 1. The Bertz CT molecular complexity index is 1300. The number of amides is 1. The van der Waals surface area contributed by atoms with Gasteiger partial charge in [0.15, 0.2) is 0 Å². The van der Waals surface area contributed by atoms with Crippen molar-refractivity contribution in [3.8, 4) is 0 Å². The summed E-state index contributed by atoms with van der Waals surface area (Å²) in [6, 6.07) is 12.7. The summed E-state index contributed by atoms with van der Waals surface area (Å²) in [5.41, 5.74) is 3.99. The normalized spacial score (nSPS) is 21.7. The van der Waals surface area contributed by atoms with E-state index in [-0.39, 0.29) is 23.7 Å². The molecule has 1 atom stereocenters. The van der Waals surface area contributed by atoms with Crippen molar-refractivity contribution in [3.05, 3.63) is 77.2 Å². The third-order valence-electron chi connectivity index (χ3n) is 8.28. The summed E-state index contributed by atoms with van der Waals surface area (Å²) in [6.07, 6.45) is 10.5. The number of carbonyl (C=O) groups excluding carboxylic acids is 1. The van der Waals surface area contributed by atoms with Gasteiger partial charge in [0.05, 0.1) is 0 Å². The Hall–Kier alpha value is -3.45. The number of benzene rings is 2. The van der Waals surface area contributed by atoms with Gasteiger partial charge in [0.2, 0.25) is 5.91 Å². The number of para-hydroxylation sites is 1. The molecule has 1 aliphatic carbocycles. The molecule has 3 aromatic rings. The van der Waals surface area contributed by atoms with Crippen LogP contribution in [0.3, 0.4) is 0 Å². The number of carboxylic acid groups (broad SMARTS) is 1. The van der Waals surface area contributed by atoms with Crippen molar-refractivity contribution in [3.63, 3.8) is 0 Å². The number of H-pyrrole nitrogens is 1. The highest BCUT2D eigenvalue weighted by Gasteiger charge is 2.35. The minimum absolute atomic E-state index is 0.0160. The number of likely N-dealkylation sites (tertiary alicyclic amines) is 1. The molecule has 2 fully saturated rings. The number of halogens is 1. The number of aromatic amines is 1. The summed E-state index contributed by atoms with van der Waals surface area (Å²) in [5.74, 6) is -0.781. The molecule has 1 amide bonds. The lowest BCUT2D eigenvalue weighted by molar-refractivity contribution is -0.142. The van der Waals surface area contributed by atoms with Gasteiger partial charge in [-0.2, -0.15) is 0 Å². The Morgan fingerprint density at radius 1 is 1.08 bits per heavy atom. The summed E-state index contributed by atoms with van der Waals surface area (Å²) in [7, 11) is 0. The van der Waals surface area contributed by atoms with E-state index in [0.717, 1.165) is 36.8 Å². The molecule has 0 radical (unpaired) electrons. The van der Waals surface area contributed by atoms with E-state index in [4.69, 9.17) is 0 Å². The van der Waals surface area contributed by atoms with Crippen LogP contribution < -0.4 is 5.32 Å². The highest BCUT2D eigenvalue weighted by atomic mass is 19.1. The largest absolute Gasteiger partial charge is 0.480 e. The molecule has 1 aromatic heterocycles. The molecule has 6 nitrogen and oxygen atoms in total. The lowest BCUT2D eigenvalue weighted by Gasteiger charge is -2.37. The SMILES string of the molecule is Cc1cc(F)cc(/C=C/C(=O)N2CCC(C(NC3CCC(c4c[nH]c5ccccc45)CC3)C(=O)O)CC2)c1. The predicted molar refractivity (Wildman–Crippen MR) is 147 cm³/mol. The average molecular weight is 518 g/mol. The second-order valence-corrected chi connectivity index (χ2v) is 10.9. The summed E-state index contributed by atoms with van der Waals surface area (Å²) < 4.78 is 13.6. The smallest absolute Gasteiger partial charge is 0.320 e. The van der Waals surface area contributed by atoms with Crippen LogP contribution in [0.1, 0.15) is 61.1 Å². The van der Waals surface area contributed by atoms with Crippen LogP contribution in [0.15, 0.2) is 54.7 Å². The second-order valence-electron chi connectivity index (χ2n) is 10.9. The van der Waals surface area contributed by atoms with Crippen molar-refractivity contribution >= 4 is 28.9 Å². The molecule has 5 rings (SSSR count). The topological polar surface area (TPSA) is 85.4 Å². The van der Waals surface area contributed by atoms with E-state index in [2.05, 4.69) is 34.7 Å². The van der Waals surface area contributed by atoms with Gasteiger partial charge < -0.3 is 20.3 Å². The Morgan fingerprint density at radius 3 is 2.53 bits per heavy atom. The molecule has 1 aliphatic heterocycles. The molecule has 0 bridgehead atoms. The number of aromatic nitrogens is 1. The maximum Gasteiger partial charge on any atom is 0.320 e. The van der Waals surface area contributed by atoms with Gasteiger partial charge in [-0.05, 0) is 98.2 Å². The zero-order valence-electron chi connectivity index (χ0n) is 21.8. The molecule has 200 valence electrons. The standard InChI is InChI=1S/C31H36FN3O3/c1-20-16-21(18-24(32)17-20)6-11-29(36)35-14-12-23(13-15-35)30(31(37)38)34-25-9-7-22(8-10-25)27-19-33-28-5-3-2-4-26(27)28/h2-6,11,16-19,22-23,25,30,33-34H,7-10,12-15H2,1H3,(H,37,38)/b11-6+. The first-order valence-corrected chi connectivity index (χ1v) is 13.7. The molecular weight excluding hydrogens is 481 g/mol. The van der Waals surface area contributed by atoms with Gasteiger partial charge in [-0.15, -0.1) is 0 Å².